The van der Waals surface area contributed by atoms with Gasteiger partial charge in [-0.15, -0.1) is 0 Å². The molecule has 0 saturated carbocycles. The summed E-state index contributed by atoms with van der Waals surface area (Å²) in [6, 6.07) is 16.7. The number of hydrogen-bond acceptors (Lipinski definition) is 3. The zero-order valence-electron chi connectivity index (χ0n) is 9.58. The van der Waals surface area contributed by atoms with E-state index in [-0.39, 0.29) is 5.75 Å². The van der Waals surface area contributed by atoms with Crippen LogP contribution in [-0.4, -0.2) is 10.1 Å². The summed E-state index contributed by atoms with van der Waals surface area (Å²) in [5.41, 5.74) is 2.22. The SMILES string of the molecule is Oc1ccccc1-c1coc(-c2ccccc2)n1. The van der Waals surface area contributed by atoms with Gasteiger partial charge >= 0.3 is 0 Å². The van der Waals surface area contributed by atoms with E-state index in [1.807, 2.05) is 42.5 Å². The van der Waals surface area contributed by atoms with Crippen molar-refractivity contribution in [1.82, 2.24) is 4.98 Å². The van der Waals surface area contributed by atoms with Gasteiger partial charge in [0.25, 0.3) is 0 Å². The molecule has 18 heavy (non-hydrogen) atoms. The van der Waals surface area contributed by atoms with Crippen LogP contribution in [0.15, 0.2) is 65.3 Å². The van der Waals surface area contributed by atoms with Crippen LogP contribution in [0.4, 0.5) is 0 Å². The number of oxazole rings is 1. The lowest BCUT2D eigenvalue weighted by molar-refractivity contribution is 0.477. The van der Waals surface area contributed by atoms with Crippen LogP contribution >= 0.6 is 0 Å². The van der Waals surface area contributed by atoms with E-state index >= 15 is 0 Å². The number of hydrogen-bond donors (Lipinski definition) is 1. The average Bonchev–Trinajstić information content (AvgIpc) is 2.90. The van der Waals surface area contributed by atoms with E-state index < -0.39 is 0 Å². The molecule has 0 bridgehead atoms. The second kappa shape index (κ2) is 4.37. The molecule has 1 N–H and O–H groups in total. The molecule has 0 aliphatic heterocycles. The van der Waals surface area contributed by atoms with Crippen molar-refractivity contribution in [2.24, 2.45) is 0 Å². The first-order valence-corrected chi connectivity index (χ1v) is 5.64. The molecule has 0 fully saturated rings. The van der Waals surface area contributed by atoms with Gasteiger partial charge in [0.15, 0.2) is 0 Å². The zero-order chi connectivity index (χ0) is 12.4. The smallest absolute Gasteiger partial charge is 0.226 e. The van der Waals surface area contributed by atoms with Crippen molar-refractivity contribution in [1.29, 1.82) is 0 Å². The van der Waals surface area contributed by atoms with Crippen LogP contribution in [-0.2, 0) is 0 Å². The summed E-state index contributed by atoms with van der Waals surface area (Å²) in [7, 11) is 0. The average molecular weight is 237 g/mol. The molecule has 2 aromatic carbocycles. The third-order valence-electron chi connectivity index (χ3n) is 2.70. The van der Waals surface area contributed by atoms with Crippen LogP contribution in [0, 0.1) is 0 Å². The fourth-order valence-electron chi connectivity index (χ4n) is 1.80. The van der Waals surface area contributed by atoms with Crippen molar-refractivity contribution in [2.45, 2.75) is 0 Å². The van der Waals surface area contributed by atoms with E-state index in [1.54, 1.807) is 18.4 Å². The first-order valence-electron chi connectivity index (χ1n) is 5.64. The zero-order valence-corrected chi connectivity index (χ0v) is 9.58. The summed E-state index contributed by atoms with van der Waals surface area (Å²) < 4.78 is 5.44. The highest BCUT2D eigenvalue weighted by atomic mass is 16.3. The lowest BCUT2D eigenvalue weighted by atomic mass is 10.1. The summed E-state index contributed by atoms with van der Waals surface area (Å²) >= 11 is 0. The third-order valence-corrected chi connectivity index (χ3v) is 2.70. The topological polar surface area (TPSA) is 46.3 Å². The molecule has 0 amide bonds. The summed E-state index contributed by atoms with van der Waals surface area (Å²) in [6.07, 6.45) is 1.55. The lowest BCUT2D eigenvalue weighted by Gasteiger charge is -1.98. The van der Waals surface area contributed by atoms with E-state index in [9.17, 15) is 5.11 Å². The molecule has 3 nitrogen and oxygen atoms in total. The van der Waals surface area contributed by atoms with Crippen molar-refractivity contribution in [3.05, 3.63) is 60.9 Å². The van der Waals surface area contributed by atoms with Gasteiger partial charge in [0.05, 0.1) is 0 Å². The summed E-state index contributed by atoms with van der Waals surface area (Å²) in [4.78, 5) is 4.38. The molecular weight excluding hydrogens is 226 g/mol. The van der Waals surface area contributed by atoms with Crippen LogP contribution in [0.25, 0.3) is 22.7 Å². The molecule has 0 aliphatic rings. The van der Waals surface area contributed by atoms with Crippen LogP contribution in [0.2, 0.25) is 0 Å². The summed E-state index contributed by atoms with van der Waals surface area (Å²) in [5, 5.41) is 9.76. The predicted molar refractivity (Wildman–Crippen MR) is 69.0 cm³/mol. The van der Waals surface area contributed by atoms with E-state index in [0.717, 1.165) is 5.56 Å². The molecule has 3 aromatic rings. The van der Waals surface area contributed by atoms with E-state index in [1.165, 1.54) is 0 Å². The van der Waals surface area contributed by atoms with Crippen LogP contribution in [0.1, 0.15) is 0 Å². The third kappa shape index (κ3) is 1.86. The van der Waals surface area contributed by atoms with Crippen LogP contribution in [0.3, 0.4) is 0 Å². The molecule has 3 rings (SSSR count). The normalized spacial score (nSPS) is 10.4. The summed E-state index contributed by atoms with van der Waals surface area (Å²) in [5.74, 6) is 0.749. The largest absolute Gasteiger partial charge is 0.507 e. The van der Waals surface area contributed by atoms with Gasteiger partial charge < -0.3 is 9.52 Å². The van der Waals surface area contributed by atoms with Crippen molar-refractivity contribution >= 4 is 0 Å². The van der Waals surface area contributed by atoms with Gasteiger partial charge in [-0.2, -0.15) is 0 Å². The number of nitrogens with zero attached hydrogens (tertiary/aromatic N) is 1. The fraction of sp³-hybridized carbons (Fsp3) is 0. The minimum absolute atomic E-state index is 0.199. The van der Waals surface area contributed by atoms with Crippen molar-refractivity contribution < 1.29 is 9.52 Å². The highest BCUT2D eigenvalue weighted by Gasteiger charge is 2.10. The van der Waals surface area contributed by atoms with Gasteiger partial charge in [-0.1, -0.05) is 30.3 Å². The Morgan fingerprint density at radius 1 is 0.889 bits per heavy atom. The van der Waals surface area contributed by atoms with Gasteiger partial charge in [0.2, 0.25) is 5.89 Å². The van der Waals surface area contributed by atoms with E-state index in [4.69, 9.17) is 4.42 Å². The fourth-order valence-corrected chi connectivity index (χ4v) is 1.80. The molecule has 3 heteroatoms. The summed E-state index contributed by atoms with van der Waals surface area (Å²) in [6.45, 7) is 0. The lowest BCUT2D eigenvalue weighted by Crippen LogP contribution is -1.80. The molecular formula is C15H11NO2. The highest BCUT2D eigenvalue weighted by Crippen LogP contribution is 2.30. The molecule has 0 unspecified atom stereocenters. The quantitative estimate of drug-likeness (QED) is 0.739. The van der Waals surface area contributed by atoms with Crippen molar-refractivity contribution in [3.8, 4) is 28.5 Å². The number of phenolic OH excluding ortho intramolecular Hbond substituents is 1. The molecule has 0 spiro atoms. The maximum Gasteiger partial charge on any atom is 0.226 e. The Morgan fingerprint density at radius 3 is 2.39 bits per heavy atom. The number of rotatable bonds is 2. The number of benzene rings is 2. The second-order valence-corrected chi connectivity index (χ2v) is 3.92. The molecule has 0 aliphatic carbocycles. The Hall–Kier alpha value is -2.55. The Morgan fingerprint density at radius 2 is 1.61 bits per heavy atom. The Balaban J connectivity index is 2.03. The number of aromatic nitrogens is 1. The minimum atomic E-state index is 0.199. The number of para-hydroxylation sites is 1. The Bertz CT molecular complexity index is 659. The second-order valence-electron chi connectivity index (χ2n) is 3.92. The number of aromatic hydroxyl groups is 1. The van der Waals surface area contributed by atoms with E-state index in [0.29, 0.717) is 17.1 Å². The Kier molecular flexibility index (Phi) is 2.57. The van der Waals surface area contributed by atoms with Gasteiger partial charge in [0, 0.05) is 11.1 Å². The molecule has 1 heterocycles. The monoisotopic (exact) mass is 237 g/mol. The maximum atomic E-state index is 9.76. The first-order chi connectivity index (χ1) is 8.84. The highest BCUT2D eigenvalue weighted by molar-refractivity contribution is 5.68. The molecule has 0 radical (unpaired) electrons. The van der Waals surface area contributed by atoms with Crippen molar-refractivity contribution in [2.75, 3.05) is 0 Å². The maximum absolute atomic E-state index is 9.76. The number of phenols is 1. The van der Waals surface area contributed by atoms with Gasteiger partial charge in [0.1, 0.15) is 17.7 Å². The minimum Gasteiger partial charge on any atom is -0.507 e. The van der Waals surface area contributed by atoms with Gasteiger partial charge in [-0.3, -0.25) is 0 Å². The molecule has 88 valence electrons. The van der Waals surface area contributed by atoms with Crippen LogP contribution in [0.5, 0.6) is 5.75 Å². The van der Waals surface area contributed by atoms with Crippen molar-refractivity contribution in [3.63, 3.8) is 0 Å². The predicted octanol–water partition coefficient (Wildman–Crippen LogP) is 3.71. The standard InChI is InChI=1S/C15H11NO2/c17-14-9-5-4-8-12(14)13-10-18-15(16-13)11-6-2-1-3-7-11/h1-10,17H. The van der Waals surface area contributed by atoms with Gasteiger partial charge in [-0.05, 0) is 24.3 Å². The van der Waals surface area contributed by atoms with Crippen LogP contribution < -0.4 is 0 Å². The Labute approximate surface area is 104 Å². The molecule has 0 saturated heterocycles. The van der Waals surface area contributed by atoms with E-state index in [2.05, 4.69) is 4.98 Å². The molecule has 0 atom stereocenters. The first kappa shape index (κ1) is 10.6. The van der Waals surface area contributed by atoms with Gasteiger partial charge in [-0.25, -0.2) is 4.98 Å². The molecule has 1 aromatic heterocycles.